The summed E-state index contributed by atoms with van der Waals surface area (Å²) in [5.41, 5.74) is 0. The molecule has 1 N–H and O–H groups in total. The van der Waals surface area contributed by atoms with Crippen LogP contribution in [0.2, 0.25) is 0 Å². The number of rotatable bonds is 12. The summed E-state index contributed by atoms with van der Waals surface area (Å²) in [6.45, 7) is 12.2. The van der Waals surface area contributed by atoms with E-state index in [2.05, 4.69) is 25.7 Å². The highest BCUT2D eigenvalue weighted by Crippen LogP contribution is 1.90. The highest BCUT2D eigenvalue weighted by atomic mass is 16.5. The van der Waals surface area contributed by atoms with Crippen LogP contribution in [-0.4, -0.2) is 39.0 Å². The molecular weight excluding hydrogens is 202 g/mol. The van der Waals surface area contributed by atoms with Crippen LogP contribution in [-0.2, 0) is 9.47 Å². The minimum absolute atomic E-state index is 0.341. The van der Waals surface area contributed by atoms with Gasteiger partial charge >= 0.3 is 0 Å². The summed E-state index contributed by atoms with van der Waals surface area (Å²) in [7, 11) is 0. The molecule has 0 fully saturated rings. The number of ether oxygens (including phenoxy) is 2. The summed E-state index contributed by atoms with van der Waals surface area (Å²) in [5.74, 6) is 0. The zero-order valence-corrected chi connectivity index (χ0v) is 10.8. The Labute approximate surface area is 100 Å². The van der Waals surface area contributed by atoms with Gasteiger partial charge in [0.05, 0.1) is 12.7 Å². The zero-order valence-electron chi connectivity index (χ0n) is 10.8. The lowest BCUT2D eigenvalue weighted by Gasteiger charge is -2.08. The van der Waals surface area contributed by atoms with E-state index in [1.807, 2.05) is 6.08 Å². The first-order valence-corrected chi connectivity index (χ1v) is 6.28. The second-order valence-corrected chi connectivity index (χ2v) is 4.07. The van der Waals surface area contributed by atoms with Crippen LogP contribution in [0.5, 0.6) is 0 Å². The Morgan fingerprint density at radius 3 is 2.62 bits per heavy atom. The Morgan fingerprint density at radius 2 is 1.94 bits per heavy atom. The molecule has 16 heavy (non-hydrogen) atoms. The summed E-state index contributed by atoms with van der Waals surface area (Å²) in [6, 6.07) is 0. The second-order valence-electron chi connectivity index (χ2n) is 4.07. The van der Waals surface area contributed by atoms with Gasteiger partial charge < -0.3 is 14.8 Å². The molecule has 0 aromatic heterocycles. The van der Waals surface area contributed by atoms with Crippen LogP contribution < -0.4 is 5.32 Å². The maximum atomic E-state index is 5.44. The van der Waals surface area contributed by atoms with Crippen LogP contribution >= 0.6 is 0 Å². The van der Waals surface area contributed by atoms with Crippen molar-refractivity contribution in [2.24, 2.45) is 0 Å². The van der Waals surface area contributed by atoms with Gasteiger partial charge in [0, 0.05) is 19.8 Å². The quantitative estimate of drug-likeness (QED) is 0.412. The van der Waals surface area contributed by atoms with Crippen LogP contribution in [0.3, 0.4) is 0 Å². The molecule has 0 aromatic rings. The fourth-order valence-electron chi connectivity index (χ4n) is 1.22. The van der Waals surface area contributed by atoms with Crippen molar-refractivity contribution in [1.29, 1.82) is 0 Å². The fourth-order valence-corrected chi connectivity index (χ4v) is 1.22. The number of nitrogens with one attached hydrogen (secondary N) is 1. The lowest BCUT2D eigenvalue weighted by Crippen LogP contribution is -2.22. The number of hydrogen-bond donors (Lipinski definition) is 1. The molecule has 3 heteroatoms. The third kappa shape index (κ3) is 13.6. The molecule has 0 rings (SSSR count). The van der Waals surface area contributed by atoms with Crippen LogP contribution in [0, 0.1) is 0 Å². The Bertz CT molecular complexity index is 149. The van der Waals surface area contributed by atoms with E-state index in [-0.39, 0.29) is 0 Å². The summed E-state index contributed by atoms with van der Waals surface area (Å²) >= 11 is 0. The van der Waals surface area contributed by atoms with Crippen molar-refractivity contribution in [1.82, 2.24) is 5.32 Å². The molecule has 0 amide bonds. The predicted octanol–water partition coefficient (Wildman–Crippen LogP) is 2.37. The van der Waals surface area contributed by atoms with E-state index in [1.54, 1.807) is 0 Å². The normalized spacial score (nSPS) is 10.9. The standard InChI is InChI=1S/C13H27NO2/c1-4-5-6-10-15-12-9-14-8-7-11-16-13(2)3/h4,13-14H,1,5-12H2,2-3H3. The average molecular weight is 229 g/mol. The highest BCUT2D eigenvalue weighted by molar-refractivity contribution is 4.64. The Kier molecular flexibility index (Phi) is 12.4. The summed E-state index contributed by atoms with van der Waals surface area (Å²) < 4.78 is 10.9. The topological polar surface area (TPSA) is 30.5 Å². The monoisotopic (exact) mass is 229 g/mol. The first-order chi connectivity index (χ1) is 7.77. The lowest BCUT2D eigenvalue weighted by molar-refractivity contribution is 0.0763. The Hall–Kier alpha value is -0.380. The Balaban J connectivity index is 2.90. The van der Waals surface area contributed by atoms with E-state index < -0.39 is 0 Å². The predicted molar refractivity (Wildman–Crippen MR) is 68.8 cm³/mol. The molecule has 0 atom stereocenters. The summed E-state index contributed by atoms with van der Waals surface area (Å²) in [4.78, 5) is 0. The van der Waals surface area contributed by atoms with E-state index in [4.69, 9.17) is 9.47 Å². The first-order valence-electron chi connectivity index (χ1n) is 6.28. The van der Waals surface area contributed by atoms with Crippen molar-refractivity contribution < 1.29 is 9.47 Å². The van der Waals surface area contributed by atoms with Crippen LogP contribution in [0.1, 0.15) is 33.1 Å². The van der Waals surface area contributed by atoms with Crippen molar-refractivity contribution in [3.05, 3.63) is 12.7 Å². The molecule has 0 saturated heterocycles. The van der Waals surface area contributed by atoms with Gasteiger partial charge in [-0.15, -0.1) is 6.58 Å². The summed E-state index contributed by atoms with van der Waals surface area (Å²) in [5, 5.41) is 3.32. The molecule has 0 aliphatic rings. The van der Waals surface area contributed by atoms with Crippen molar-refractivity contribution in [2.75, 3.05) is 32.9 Å². The number of allylic oxidation sites excluding steroid dienone is 1. The minimum atomic E-state index is 0.341. The van der Waals surface area contributed by atoms with Gasteiger partial charge in [-0.3, -0.25) is 0 Å². The second kappa shape index (κ2) is 12.7. The molecule has 3 nitrogen and oxygen atoms in total. The molecule has 0 spiro atoms. The van der Waals surface area contributed by atoms with Gasteiger partial charge in [-0.25, -0.2) is 0 Å². The smallest absolute Gasteiger partial charge is 0.0590 e. The molecule has 0 bridgehead atoms. The van der Waals surface area contributed by atoms with Gasteiger partial charge in [-0.1, -0.05) is 6.08 Å². The molecular formula is C13H27NO2. The van der Waals surface area contributed by atoms with E-state index in [1.165, 1.54) is 0 Å². The number of hydrogen-bond acceptors (Lipinski definition) is 3. The Morgan fingerprint density at radius 1 is 1.12 bits per heavy atom. The van der Waals surface area contributed by atoms with Gasteiger partial charge in [-0.2, -0.15) is 0 Å². The highest BCUT2D eigenvalue weighted by Gasteiger charge is 1.93. The SMILES string of the molecule is C=CCCCOCCNCCCOC(C)C. The van der Waals surface area contributed by atoms with Crippen LogP contribution in [0.4, 0.5) is 0 Å². The number of unbranched alkanes of at least 4 members (excludes halogenated alkanes) is 1. The minimum Gasteiger partial charge on any atom is -0.380 e. The van der Waals surface area contributed by atoms with Crippen molar-refractivity contribution in [3.63, 3.8) is 0 Å². The maximum Gasteiger partial charge on any atom is 0.0590 e. The van der Waals surface area contributed by atoms with Crippen molar-refractivity contribution >= 4 is 0 Å². The molecule has 0 radical (unpaired) electrons. The molecule has 0 unspecified atom stereocenters. The lowest BCUT2D eigenvalue weighted by atomic mass is 10.3. The largest absolute Gasteiger partial charge is 0.380 e. The third-order valence-corrected chi connectivity index (χ3v) is 2.07. The van der Waals surface area contributed by atoms with E-state index in [9.17, 15) is 0 Å². The van der Waals surface area contributed by atoms with E-state index in [0.717, 1.165) is 52.2 Å². The zero-order chi connectivity index (χ0) is 12.1. The van der Waals surface area contributed by atoms with E-state index in [0.29, 0.717) is 6.10 Å². The van der Waals surface area contributed by atoms with Gasteiger partial charge in [-0.05, 0) is 39.7 Å². The molecule has 0 aromatic carbocycles. The molecule has 0 aliphatic carbocycles. The van der Waals surface area contributed by atoms with E-state index >= 15 is 0 Å². The summed E-state index contributed by atoms with van der Waals surface area (Å²) in [6.07, 6.45) is 5.45. The maximum absolute atomic E-state index is 5.44. The van der Waals surface area contributed by atoms with Crippen molar-refractivity contribution in [3.8, 4) is 0 Å². The van der Waals surface area contributed by atoms with Gasteiger partial charge in [0.1, 0.15) is 0 Å². The van der Waals surface area contributed by atoms with Crippen LogP contribution in [0.15, 0.2) is 12.7 Å². The molecule has 0 aliphatic heterocycles. The molecule has 96 valence electrons. The van der Waals surface area contributed by atoms with Crippen LogP contribution in [0.25, 0.3) is 0 Å². The third-order valence-electron chi connectivity index (χ3n) is 2.07. The first kappa shape index (κ1) is 15.6. The molecule has 0 heterocycles. The van der Waals surface area contributed by atoms with Crippen molar-refractivity contribution in [2.45, 2.75) is 39.2 Å². The van der Waals surface area contributed by atoms with Gasteiger partial charge in [0.25, 0.3) is 0 Å². The van der Waals surface area contributed by atoms with Gasteiger partial charge in [0.2, 0.25) is 0 Å². The van der Waals surface area contributed by atoms with Gasteiger partial charge in [0.15, 0.2) is 0 Å². The molecule has 0 saturated carbocycles. The fraction of sp³-hybridized carbons (Fsp3) is 0.846. The average Bonchev–Trinajstić information content (AvgIpc) is 2.25.